The summed E-state index contributed by atoms with van der Waals surface area (Å²) in [5.74, 6) is 0.747. The third-order valence-electron chi connectivity index (χ3n) is 5.91. The number of hydrogen-bond acceptors (Lipinski definition) is 2. The number of nitrogens with zero attached hydrogens (tertiary/aromatic N) is 2. The van der Waals surface area contributed by atoms with E-state index in [0.29, 0.717) is 11.8 Å². The third kappa shape index (κ3) is 11.7. The minimum atomic E-state index is 0.374. The predicted octanol–water partition coefficient (Wildman–Crippen LogP) is 5.94. The lowest BCUT2D eigenvalue weighted by molar-refractivity contribution is -0.128. The zero-order valence-electron chi connectivity index (χ0n) is 18.9. The van der Waals surface area contributed by atoms with E-state index in [9.17, 15) is 9.59 Å². The minimum Gasteiger partial charge on any atom is -0.343 e. The molecule has 2 amide bonds. The summed E-state index contributed by atoms with van der Waals surface area (Å²) in [6.07, 6.45) is 19.5. The van der Waals surface area contributed by atoms with Crippen molar-refractivity contribution in [3.63, 3.8) is 0 Å². The molecular formula is C24H46N2O2. The number of carbonyl (C=O) groups excluding carboxylic acids is 2. The molecule has 0 bridgehead atoms. The van der Waals surface area contributed by atoms with Crippen molar-refractivity contribution in [3.8, 4) is 0 Å². The highest BCUT2D eigenvalue weighted by Crippen LogP contribution is 2.13. The van der Waals surface area contributed by atoms with Gasteiger partial charge in [0.25, 0.3) is 0 Å². The Morgan fingerprint density at radius 3 is 1.25 bits per heavy atom. The molecule has 4 nitrogen and oxygen atoms in total. The van der Waals surface area contributed by atoms with Crippen LogP contribution < -0.4 is 0 Å². The smallest absolute Gasteiger partial charge is 0.222 e. The Hall–Kier alpha value is -1.06. The van der Waals surface area contributed by atoms with Gasteiger partial charge in [-0.1, -0.05) is 78.1 Å². The van der Waals surface area contributed by atoms with Crippen LogP contribution in [0, 0.1) is 0 Å². The molecule has 2 heterocycles. The zero-order chi connectivity index (χ0) is 20.5. The largest absolute Gasteiger partial charge is 0.343 e. The fourth-order valence-electron chi connectivity index (χ4n) is 4.05. The van der Waals surface area contributed by atoms with Crippen molar-refractivity contribution in [2.45, 2.75) is 117 Å². The van der Waals surface area contributed by atoms with Crippen molar-refractivity contribution >= 4 is 11.8 Å². The molecule has 0 aliphatic carbocycles. The van der Waals surface area contributed by atoms with E-state index in [1.54, 1.807) is 0 Å². The van der Waals surface area contributed by atoms with E-state index in [0.717, 1.165) is 51.9 Å². The molecule has 0 spiro atoms. The minimum absolute atomic E-state index is 0.374. The van der Waals surface area contributed by atoms with Crippen LogP contribution in [0.25, 0.3) is 0 Å². The van der Waals surface area contributed by atoms with Gasteiger partial charge >= 0.3 is 0 Å². The van der Waals surface area contributed by atoms with E-state index >= 15 is 0 Å². The van der Waals surface area contributed by atoms with Crippen molar-refractivity contribution in [1.29, 1.82) is 0 Å². The maximum absolute atomic E-state index is 11.3. The van der Waals surface area contributed by atoms with Gasteiger partial charge in [0.1, 0.15) is 0 Å². The second kappa shape index (κ2) is 16.9. The molecule has 0 radical (unpaired) electrons. The molecule has 0 saturated carbocycles. The quantitative estimate of drug-likeness (QED) is 0.342. The zero-order valence-corrected chi connectivity index (χ0v) is 18.9. The van der Waals surface area contributed by atoms with Crippen LogP contribution in [0.1, 0.15) is 117 Å². The number of rotatable bonds is 14. The van der Waals surface area contributed by atoms with Crippen LogP contribution in [0.4, 0.5) is 0 Å². The molecular weight excluding hydrogens is 348 g/mol. The number of hydrogen-bond donors (Lipinski definition) is 0. The van der Waals surface area contributed by atoms with Crippen LogP contribution in [0.2, 0.25) is 0 Å². The molecule has 0 aromatic carbocycles. The lowest BCUT2D eigenvalue weighted by atomic mass is 10.1. The molecule has 2 aliphatic rings. The van der Waals surface area contributed by atoms with Crippen molar-refractivity contribution in [3.05, 3.63) is 0 Å². The highest BCUT2D eigenvalue weighted by molar-refractivity contribution is 5.78. The first-order valence-corrected chi connectivity index (χ1v) is 12.2. The summed E-state index contributed by atoms with van der Waals surface area (Å²) in [6, 6.07) is 0. The first kappa shape index (κ1) is 25.0. The average Bonchev–Trinajstić information content (AvgIpc) is 3.29. The van der Waals surface area contributed by atoms with Crippen molar-refractivity contribution in [2.75, 3.05) is 26.2 Å². The van der Waals surface area contributed by atoms with E-state index < -0.39 is 0 Å². The van der Waals surface area contributed by atoms with Crippen LogP contribution in [0.5, 0.6) is 0 Å². The Balaban J connectivity index is 0.000000280. The molecule has 2 saturated heterocycles. The molecule has 0 unspecified atom stereocenters. The molecule has 28 heavy (non-hydrogen) atoms. The van der Waals surface area contributed by atoms with E-state index in [1.807, 2.05) is 9.80 Å². The summed E-state index contributed by atoms with van der Waals surface area (Å²) in [5, 5.41) is 0. The van der Waals surface area contributed by atoms with Gasteiger partial charge in [-0.2, -0.15) is 0 Å². The van der Waals surface area contributed by atoms with Crippen molar-refractivity contribution in [1.82, 2.24) is 9.80 Å². The SMILES string of the molecule is CCCCCCCCN1CCCC1=O.CCCCCCCCN1CCCC1=O. The highest BCUT2D eigenvalue weighted by Gasteiger charge is 2.19. The molecule has 0 aromatic heterocycles. The van der Waals surface area contributed by atoms with Gasteiger partial charge in [0.05, 0.1) is 0 Å². The first-order chi connectivity index (χ1) is 13.7. The first-order valence-electron chi connectivity index (χ1n) is 12.2. The highest BCUT2D eigenvalue weighted by atomic mass is 16.2. The summed E-state index contributed by atoms with van der Waals surface area (Å²) in [4.78, 5) is 26.6. The molecule has 2 rings (SSSR count). The normalized spacial score (nSPS) is 16.6. The van der Waals surface area contributed by atoms with Gasteiger partial charge in [-0.25, -0.2) is 0 Å². The Kier molecular flexibility index (Phi) is 15.0. The second-order valence-corrected chi connectivity index (χ2v) is 8.50. The molecule has 2 aliphatic heterocycles. The van der Waals surface area contributed by atoms with Gasteiger partial charge in [-0.15, -0.1) is 0 Å². The Labute approximate surface area is 174 Å². The monoisotopic (exact) mass is 394 g/mol. The lowest BCUT2D eigenvalue weighted by Gasteiger charge is -2.14. The lowest BCUT2D eigenvalue weighted by Crippen LogP contribution is -2.25. The van der Waals surface area contributed by atoms with Crippen molar-refractivity contribution in [2.24, 2.45) is 0 Å². The summed E-state index contributed by atoms with van der Waals surface area (Å²) in [7, 11) is 0. The Morgan fingerprint density at radius 2 is 0.929 bits per heavy atom. The fraction of sp³-hybridized carbons (Fsp3) is 0.917. The van der Waals surface area contributed by atoms with Crippen LogP contribution >= 0.6 is 0 Å². The van der Waals surface area contributed by atoms with E-state index in [-0.39, 0.29) is 0 Å². The Morgan fingerprint density at radius 1 is 0.571 bits per heavy atom. The fourth-order valence-corrected chi connectivity index (χ4v) is 4.05. The van der Waals surface area contributed by atoms with Gasteiger partial charge in [-0.3, -0.25) is 9.59 Å². The Bertz CT molecular complexity index is 373. The van der Waals surface area contributed by atoms with Gasteiger partial charge < -0.3 is 9.80 Å². The van der Waals surface area contributed by atoms with E-state index in [2.05, 4.69) is 13.8 Å². The predicted molar refractivity (Wildman–Crippen MR) is 118 cm³/mol. The molecule has 0 N–H and O–H groups in total. The van der Waals surface area contributed by atoms with Crippen LogP contribution in [-0.2, 0) is 9.59 Å². The third-order valence-corrected chi connectivity index (χ3v) is 5.91. The van der Waals surface area contributed by atoms with Crippen molar-refractivity contribution < 1.29 is 9.59 Å². The van der Waals surface area contributed by atoms with Crippen LogP contribution in [0.3, 0.4) is 0 Å². The van der Waals surface area contributed by atoms with Gasteiger partial charge in [0.2, 0.25) is 11.8 Å². The number of amides is 2. The molecule has 4 heteroatoms. The molecule has 0 aromatic rings. The van der Waals surface area contributed by atoms with Gasteiger partial charge in [0.15, 0.2) is 0 Å². The maximum atomic E-state index is 11.3. The van der Waals surface area contributed by atoms with Crippen LogP contribution in [-0.4, -0.2) is 47.8 Å². The topological polar surface area (TPSA) is 40.6 Å². The number of unbranched alkanes of at least 4 members (excludes halogenated alkanes) is 10. The summed E-state index contributed by atoms with van der Waals surface area (Å²) in [6.45, 7) is 8.50. The summed E-state index contributed by atoms with van der Waals surface area (Å²) >= 11 is 0. The summed E-state index contributed by atoms with van der Waals surface area (Å²) in [5.41, 5.74) is 0. The van der Waals surface area contributed by atoms with E-state index in [4.69, 9.17) is 0 Å². The maximum Gasteiger partial charge on any atom is 0.222 e. The molecule has 0 atom stereocenters. The van der Waals surface area contributed by atoms with Crippen LogP contribution in [0.15, 0.2) is 0 Å². The summed E-state index contributed by atoms with van der Waals surface area (Å²) < 4.78 is 0. The molecule has 164 valence electrons. The standard InChI is InChI=1S/2C12H23NO/c2*1-2-3-4-5-6-7-10-13-11-8-9-12(13)14/h2*2-11H2,1H3. The average molecular weight is 395 g/mol. The second-order valence-electron chi connectivity index (χ2n) is 8.50. The van der Waals surface area contributed by atoms with Gasteiger partial charge in [-0.05, 0) is 25.7 Å². The molecule has 2 fully saturated rings. The number of likely N-dealkylation sites (tertiary alicyclic amines) is 2. The number of carbonyl (C=O) groups is 2. The van der Waals surface area contributed by atoms with Gasteiger partial charge in [0, 0.05) is 39.0 Å². The van der Waals surface area contributed by atoms with E-state index in [1.165, 1.54) is 77.0 Å².